The SMILES string of the molecule is CCNCC1CCN(C(=O)C(C)Oc2cccnc2)CC1.Cl.Cl. The summed E-state index contributed by atoms with van der Waals surface area (Å²) in [7, 11) is 0. The van der Waals surface area contributed by atoms with Gasteiger partial charge in [0.15, 0.2) is 6.10 Å². The van der Waals surface area contributed by atoms with E-state index in [4.69, 9.17) is 4.74 Å². The molecule has 0 aromatic carbocycles. The van der Waals surface area contributed by atoms with Gasteiger partial charge >= 0.3 is 0 Å². The third-order valence-corrected chi connectivity index (χ3v) is 3.90. The Bertz CT molecular complexity index is 440. The van der Waals surface area contributed by atoms with Crippen molar-refractivity contribution in [1.29, 1.82) is 0 Å². The zero-order valence-corrected chi connectivity index (χ0v) is 15.4. The fraction of sp³-hybridized carbons (Fsp3) is 0.625. The zero-order chi connectivity index (χ0) is 15.1. The van der Waals surface area contributed by atoms with Crippen LogP contribution in [0.3, 0.4) is 0 Å². The summed E-state index contributed by atoms with van der Waals surface area (Å²) in [5, 5.41) is 3.38. The summed E-state index contributed by atoms with van der Waals surface area (Å²) < 4.78 is 5.66. The van der Waals surface area contributed by atoms with Gasteiger partial charge in [-0.1, -0.05) is 6.92 Å². The number of nitrogens with one attached hydrogen (secondary N) is 1. The van der Waals surface area contributed by atoms with E-state index in [1.54, 1.807) is 25.4 Å². The van der Waals surface area contributed by atoms with Gasteiger partial charge in [-0.2, -0.15) is 0 Å². The second kappa shape index (κ2) is 11.5. The van der Waals surface area contributed by atoms with Crippen molar-refractivity contribution < 1.29 is 9.53 Å². The average molecular weight is 364 g/mol. The highest BCUT2D eigenvalue weighted by Crippen LogP contribution is 2.18. The number of amides is 1. The molecule has 1 atom stereocenters. The van der Waals surface area contributed by atoms with Crippen molar-refractivity contribution in [3.05, 3.63) is 24.5 Å². The standard InChI is InChI=1S/C16H25N3O2.2ClH/c1-3-17-11-14-6-9-19(10-7-14)16(20)13(2)21-15-5-4-8-18-12-15;;/h4-5,8,12-14,17H,3,6-7,9-11H2,1-2H3;2*1H. The molecule has 0 saturated carbocycles. The monoisotopic (exact) mass is 363 g/mol. The summed E-state index contributed by atoms with van der Waals surface area (Å²) in [6.07, 6.45) is 5.00. The Labute approximate surface area is 151 Å². The molecule has 1 N–H and O–H groups in total. The van der Waals surface area contributed by atoms with E-state index in [9.17, 15) is 4.79 Å². The minimum atomic E-state index is -0.459. The Morgan fingerprint density at radius 2 is 2.13 bits per heavy atom. The van der Waals surface area contributed by atoms with Crippen molar-refractivity contribution in [2.45, 2.75) is 32.8 Å². The van der Waals surface area contributed by atoms with E-state index >= 15 is 0 Å². The molecule has 1 aliphatic rings. The predicted octanol–water partition coefficient (Wildman–Crippen LogP) is 2.54. The highest BCUT2D eigenvalue weighted by Gasteiger charge is 2.26. The van der Waals surface area contributed by atoms with Crippen LogP contribution in [0, 0.1) is 5.92 Å². The number of rotatable bonds is 6. The van der Waals surface area contributed by atoms with E-state index in [0.29, 0.717) is 11.7 Å². The molecule has 1 aromatic rings. The molecular weight excluding hydrogens is 337 g/mol. The smallest absolute Gasteiger partial charge is 0.263 e. The van der Waals surface area contributed by atoms with Crippen LogP contribution >= 0.6 is 24.8 Å². The van der Waals surface area contributed by atoms with E-state index in [2.05, 4.69) is 17.2 Å². The normalized spacial score (nSPS) is 16.0. The molecule has 1 fully saturated rings. The molecule has 1 amide bonds. The lowest BCUT2D eigenvalue weighted by molar-refractivity contribution is -0.139. The van der Waals surface area contributed by atoms with Crippen LogP contribution < -0.4 is 10.1 Å². The molecule has 0 spiro atoms. The van der Waals surface area contributed by atoms with Crippen LogP contribution in [0.15, 0.2) is 24.5 Å². The van der Waals surface area contributed by atoms with E-state index < -0.39 is 6.10 Å². The summed E-state index contributed by atoms with van der Waals surface area (Å²) in [4.78, 5) is 18.3. The van der Waals surface area contributed by atoms with Crippen LogP contribution in [-0.4, -0.2) is 48.1 Å². The van der Waals surface area contributed by atoms with Crippen molar-refractivity contribution in [1.82, 2.24) is 15.2 Å². The minimum Gasteiger partial charge on any atom is -0.479 e. The van der Waals surface area contributed by atoms with Crippen LogP contribution in [0.25, 0.3) is 0 Å². The van der Waals surface area contributed by atoms with Crippen molar-refractivity contribution in [3.8, 4) is 5.75 Å². The third-order valence-electron chi connectivity index (χ3n) is 3.90. The summed E-state index contributed by atoms with van der Waals surface area (Å²) in [5.74, 6) is 1.39. The number of ether oxygens (including phenoxy) is 1. The zero-order valence-electron chi connectivity index (χ0n) is 13.7. The van der Waals surface area contributed by atoms with Crippen LogP contribution in [0.2, 0.25) is 0 Å². The molecule has 1 aliphatic heterocycles. The minimum absolute atomic E-state index is 0. The number of carbonyl (C=O) groups is 1. The predicted molar refractivity (Wildman–Crippen MR) is 96.7 cm³/mol. The lowest BCUT2D eigenvalue weighted by Gasteiger charge is -2.33. The summed E-state index contributed by atoms with van der Waals surface area (Å²) in [6, 6.07) is 3.62. The van der Waals surface area contributed by atoms with Gasteiger partial charge in [0.2, 0.25) is 0 Å². The largest absolute Gasteiger partial charge is 0.479 e. The number of hydrogen-bond donors (Lipinski definition) is 1. The molecule has 23 heavy (non-hydrogen) atoms. The van der Waals surface area contributed by atoms with Gasteiger partial charge < -0.3 is 15.0 Å². The van der Waals surface area contributed by atoms with Crippen LogP contribution in [0.1, 0.15) is 26.7 Å². The van der Waals surface area contributed by atoms with Gasteiger partial charge in [0.05, 0.1) is 6.20 Å². The third kappa shape index (κ3) is 6.94. The first kappa shape index (κ1) is 22.0. The number of halogens is 2. The number of nitrogens with zero attached hydrogens (tertiary/aromatic N) is 2. The second-order valence-corrected chi connectivity index (χ2v) is 5.53. The van der Waals surface area contributed by atoms with Crippen molar-refractivity contribution >= 4 is 30.7 Å². The van der Waals surface area contributed by atoms with Crippen molar-refractivity contribution in [2.24, 2.45) is 5.92 Å². The Morgan fingerprint density at radius 1 is 1.43 bits per heavy atom. The molecule has 0 aliphatic carbocycles. The fourth-order valence-electron chi connectivity index (χ4n) is 2.63. The maximum absolute atomic E-state index is 12.4. The first-order valence-corrected chi connectivity index (χ1v) is 7.77. The van der Waals surface area contributed by atoms with Crippen LogP contribution in [0.5, 0.6) is 5.75 Å². The van der Waals surface area contributed by atoms with Crippen LogP contribution in [0.4, 0.5) is 0 Å². The lowest BCUT2D eigenvalue weighted by atomic mass is 9.96. The first-order valence-electron chi connectivity index (χ1n) is 7.77. The Kier molecular flexibility index (Phi) is 11.0. The van der Waals surface area contributed by atoms with Gasteiger partial charge in [0.25, 0.3) is 5.91 Å². The summed E-state index contributed by atoms with van der Waals surface area (Å²) in [6.45, 7) is 7.65. The number of hydrogen-bond acceptors (Lipinski definition) is 4. The van der Waals surface area contributed by atoms with Gasteiger partial charge in [-0.25, -0.2) is 0 Å². The highest BCUT2D eigenvalue weighted by molar-refractivity contribution is 5.85. The maximum atomic E-state index is 12.4. The molecular formula is C16H27Cl2N3O2. The van der Waals surface area contributed by atoms with Gasteiger partial charge in [0, 0.05) is 19.3 Å². The quantitative estimate of drug-likeness (QED) is 0.843. The molecule has 132 valence electrons. The molecule has 0 radical (unpaired) electrons. The molecule has 0 bridgehead atoms. The summed E-state index contributed by atoms with van der Waals surface area (Å²) >= 11 is 0. The lowest BCUT2D eigenvalue weighted by Crippen LogP contribution is -2.45. The number of pyridine rings is 1. The van der Waals surface area contributed by atoms with E-state index in [0.717, 1.165) is 39.0 Å². The molecule has 2 heterocycles. The molecule has 1 aromatic heterocycles. The van der Waals surface area contributed by atoms with Crippen molar-refractivity contribution in [2.75, 3.05) is 26.2 Å². The van der Waals surface area contributed by atoms with Crippen molar-refractivity contribution in [3.63, 3.8) is 0 Å². The van der Waals surface area contributed by atoms with E-state index in [1.807, 2.05) is 11.0 Å². The Hall–Kier alpha value is -1.04. The average Bonchev–Trinajstić information content (AvgIpc) is 2.53. The summed E-state index contributed by atoms with van der Waals surface area (Å²) in [5.41, 5.74) is 0. The van der Waals surface area contributed by atoms with Gasteiger partial charge in [-0.15, -0.1) is 24.8 Å². The molecule has 7 heteroatoms. The maximum Gasteiger partial charge on any atom is 0.263 e. The Balaban J connectivity index is 0.00000242. The number of piperidine rings is 1. The second-order valence-electron chi connectivity index (χ2n) is 5.53. The highest BCUT2D eigenvalue weighted by atomic mass is 35.5. The number of likely N-dealkylation sites (tertiary alicyclic amines) is 1. The van der Waals surface area contributed by atoms with Gasteiger partial charge in [-0.3, -0.25) is 9.78 Å². The fourth-order valence-corrected chi connectivity index (χ4v) is 2.63. The van der Waals surface area contributed by atoms with Gasteiger partial charge in [0.1, 0.15) is 5.75 Å². The Morgan fingerprint density at radius 3 is 2.70 bits per heavy atom. The number of carbonyl (C=O) groups excluding carboxylic acids is 1. The molecule has 2 rings (SSSR count). The van der Waals surface area contributed by atoms with Crippen LogP contribution in [-0.2, 0) is 4.79 Å². The molecule has 1 unspecified atom stereocenters. The van der Waals surface area contributed by atoms with E-state index in [1.165, 1.54) is 0 Å². The molecule has 1 saturated heterocycles. The topological polar surface area (TPSA) is 54.5 Å². The number of aromatic nitrogens is 1. The first-order chi connectivity index (χ1) is 10.2. The molecule has 5 nitrogen and oxygen atoms in total. The van der Waals surface area contributed by atoms with Gasteiger partial charge in [-0.05, 0) is 50.9 Å². The van der Waals surface area contributed by atoms with E-state index in [-0.39, 0.29) is 30.7 Å².